The average Bonchev–Trinajstić information content (AvgIpc) is 3.26. The lowest BCUT2D eigenvalue weighted by Crippen LogP contribution is -2.32. The Morgan fingerprint density at radius 2 is 2.07 bits per heavy atom. The number of aromatic nitrogens is 2. The number of hydrogen-bond donors (Lipinski definition) is 1. The zero-order chi connectivity index (χ0) is 20.9. The van der Waals surface area contributed by atoms with E-state index in [1.807, 2.05) is 12.1 Å². The molecule has 0 saturated carbocycles. The minimum Gasteiger partial charge on any atom is -0.497 e. The van der Waals surface area contributed by atoms with E-state index in [1.165, 1.54) is 22.9 Å². The van der Waals surface area contributed by atoms with Crippen LogP contribution in [0.2, 0.25) is 0 Å². The van der Waals surface area contributed by atoms with E-state index in [0.29, 0.717) is 28.2 Å². The van der Waals surface area contributed by atoms with Crippen LogP contribution in [0.1, 0.15) is 30.0 Å². The number of nitrogens with one attached hydrogen (secondary N) is 1. The maximum atomic E-state index is 12.5. The predicted octanol–water partition coefficient (Wildman–Crippen LogP) is 4.04. The van der Waals surface area contributed by atoms with E-state index in [1.54, 1.807) is 32.4 Å². The molecule has 156 valence electrons. The highest BCUT2D eigenvalue weighted by atomic mass is 32.2. The number of methoxy groups -OCH3 is 2. The monoisotopic (exact) mass is 425 g/mol. The van der Waals surface area contributed by atoms with Crippen molar-refractivity contribution < 1.29 is 18.7 Å². The number of benzene rings is 2. The maximum absolute atomic E-state index is 12.5. The number of nitrogens with zero attached hydrogens (tertiary/aromatic N) is 2. The van der Waals surface area contributed by atoms with Gasteiger partial charge in [0.1, 0.15) is 11.5 Å². The van der Waals surface area contributed by atoms with Crippen LogP contribution in [0.25, 0.3) is 11.5 Å². The van der Waals surface area contributed by atoms with Crippen LogP contribution in [0.5, 0.6) is 11.5 Å². The summed E-state index contributed by atoms with van der Waals surface area (Å²) in [5.74, 6) is 1.73. The lowest BCUT2D eigenvalue weighted by molar-refractivity contribution is -0.119. The van der Waals surface area contributed by atoms with Gasteiger partial charge in [0.05, 0.1) is 31.6 Å². The molecule has 4 rings (SSSR count). The van der Waals surface area contributed by atoms with Gasteiger partial charge in [-0.3, -0.25) is 4.79 Å². The molecule has 7 nitrogen and oxygen atoms in total. The van der Waals surface area contributed by atoms with Crippen LogP contribution in [-0.4, -0.2) is 36.1 Å². The molecule has 1 amide bonds. The average molecular weight is 426 g/mol. The minimum atomic E-state index is -0.0523. The first kappa shape index (κ1) is 20.3. The van der Waals surface area contributed by atoms with Crippen molar-refractivity contribution in [3.8, 4) is 23.0 Å². The first-order chi connectivity index (χ1) is 14.7. The molecule has 30 heavy (non-hydrogen) atoms. The van der Waals surface area contributed by atoms with Crippen molar-refractivity contribution in [3.63, 3.8) is 0 Å². The first-order valence-electron chi connectivity index (χ1n) is 9.74. The second-order valence-electron chi connectivity index (χ2n) is 6.94. The third-order valence-electron chi connectivity index (χ3n) is 5.08. The lowest BCUT2D eigenvalue weighted by Gasteiger charge is -2.26. The summed E-state index contributed by atoms with van der Waals surface area (Å²) >= 11 is 1.22. The molecule has 8 heteroatoms. The van der Waals surface area contributed by atoms with E-state index in [9.17, 15) is 4.79 Å². The fourth-order valence-corrected chi connectivity index (χ4v) is 4.19. The Morgan fingerprint density at radius 3 is 2.90 bits per heavy atom. The number of ether oxygens (including phenoxy) is 2. The summed E-state index contributed by atoms with van der Waals surface area (Å²) in [5.41, 5.74) is 3.20. The van der Waals surface area contributed by atoms with Gasteiger partial charge in [-0.25, -0.2) is 0 Å². The Hall–Kier alpha value is -3.00. The second kappa shape index (κ2) is 9.21. The van der Waals surface area contributed by atoms with Crippen LogP contribution in [0.15, 0.2) is 52.1 Å². The largest absolute Gasteiger partial charge is 0.497 e. The quantitative estimate of drug-likeness (QED) is 0.572. The molecule has 2 aromatic carbocycles. The summed E-state index contributed by atoms with van der Waals surface area (Å²) in [7, 11) is 3.16. The van der Waals surface area contributed by atoms with Gasteiger partial charge in [-0.05, 0) is 42.5 Å². The maximum Gasteiger partial charge on any atom is 0.277 e. The summed E-state index contributed by atoms with van der Waals surface area (Å²) in [6.45, 7) is 0. The van der Waals surface area contributed by atoms with E-state index in [-0.39, 0.29) is 17.7 Å². The van der Waals surface area contributed by atoms with Crippen molar-refractivity contribution in [2.45, 2.75) is 30.5 Å². The van der Waals surface area contributed by atoms with Crippen LogP contribution in [0, 0.1) is 0 Å². The summed E-state index contributed by atoms with van der Waals surface area (Å²) in [4.78, 5) is 12.5. The van der Waals surface area contributed by atoms with Crippen molar-refractivity contribution >= 4 is 17.7 Å². The zero-order valence-corrected chi connectivity index (χ0v) is 17.7. The molecule has 1 heterocycles. The zero-order valence-electron chi connectivity index (χ0n) is 16.9. The summed E-state index contributed by atoms with van der Waals surface area (Å²) in [5, 5.41) is 11.6. The molecule has 1 atom stereocenters. The molecule has 1 N–H and O–H groups in total. The summed E-state index contributed by atoms with van der Waals surface area (Å²) < 4.78 is 16.3. The number of amides is 1. The van der Waals surface area contributed by atoms with Crippen molar-refractivity contribution in [2.75, 3.05) is 20.0 Å². The van der Waals surface area contributed by atoms with Gasteiger partial charge in [-0.15, -0.1) is 10.2 Å². The Labute approximate surface area is 179 Å². The minimum absolute atomic E-state index is 0.0523. The summed E-state index contributed by atoms with van der Waals surface area (Å²) in [6.07, 6.45) is 3.10. The SMILES string of the molecule is COc1ccc(-c2nnc(SCC(=O)N[C@@H]3CCCc4ccccc43)o2)c(OC)c1. The van der Waals surface area contributed by atoms with E-state index in [0.717, 1.165) is 19.3 Å². The van der Waals surface area contributed by atoms with Gasteiger partial charge in [0.15, 0.2) is 0 Å². The number of aryl methyl sites for hydroxylation is 1. The van der Waals surface area contributed by atoms with E-state index >= 15 is 0 Å². The lowest BCUT2D eigenvalue weighted by atomic mass is 9.88. The molecular weight excluding hydrogens is 402 g/mol. The molecule has 1 aliphatic rings. The van der Waals surface area contributed by atoms with Crippen LogP contribution >= 0.6 is 11.8 Å². The molecule has 0 unspecified atom stereocenters. The van der Waals surface area contributed by atoms with Crippen LogP contribution in [0.3, 0.4) is 0 Å². The molecule has 3 aromatic rings. The van der Waals surface area contributed by atoms with Gasteiger partial charge < -0.3 is 19.2 Å². The third kappa shape index (κ3) is 4.43. The number of hydrogen-bond acceptors (Lipinski definition) is 7. The predicted molar refractivity (Wildman–Crippen MR) is 114 cm³/mol. The van der Waals surface area contributed by atoms with Crippen LogP contribution < -0.4 is 14.8 Å². The van der Waals surface area contributed by atoms with Gasteiger partial charge in [0.2, 0.25) is 5.91 Å². The molecule has 0 saturated heterocycles. The number of thioether (sulfide) groups is 1. The smallest absolute Gasteiger partial charge is 0.277 e. The molecule has 1 aromatic heterocycles. The topological polar surface area (TPSA) is 86.5 Å². The van der Waals surface area contributed by atoms with E-state index < -0.39 is 0 Å². The number of carbonyl (C=O) groups excluding carboxylic acids is 1. The number of rotatable bonds is 7. The number of carbonyl (C=O) groups is 1. The molecule has 0 fully saturated rings. The second-order valence-corrected chi connectivity index (χ2v) is 7.87. The molecular formula is C22H23N3O4S. The fraction of sp³-hybridized carbons (Fsp3) is 0.318. The molecule has 0 bridgehead atoms. The van der Waals surface area contributed by atoms with E-state index in [4.69, 9.17) is 13.9 Å². The fourth-order valence-electron chi connectivity index (χ4n) is 3.62. The van der Waals surface area contributed by atoms with Crippen molar-refractivity contribution in [2.24, 2.45) is 0 Å². The molecule has 0 spiro atoms. The van der Waals surface area contributed by atoms with Crippen molar-refractivity contribution in [1.82, 2.24) is 15.5 Å². The normalized spacial score (nSPS) is 15.3. The molecule has 0 aliphatic heterocycles. The summed E-state index contributed by atoms with van der Waals surface area (Å²) in [6, 6.07) is 13.7. The van der Waals surface area contributed by atoms with Crippen LogP contribution in [-0.2, 0) is 11.2 Å². The van der Waals surface area contributed by atoms with Gasteiger partial charge in [0, 0.05) is 6.07 Å². The Morgan fingerprint density at radius 1 is 1.20 bits per heavy atom. The van der Waals surface area contributed by atoms with Crippen LogP contribution in [0.4, 0.5) is 0 Å². The third-order valence-corrected chi connectivity index (χ3v) is 5.90. The highest BCUT2D eigenvalue weighted by Gasteiger charge is 2.22. The van der Waals surface area contributed by atoms with Gasteiger partial charge in [-0.1, -0.05) is 36.0 Å². The van der Waals surface area contributed by atoms with Crippen molar-refractivity contribution in [3.05, 3.63) is 53.6 Å². The van der Waals surface area contributed by atoms with Gasteiger partial charge in [-0.2, -0.15) is 0 Å². The highest BCUT2D eigenvalue weighted by Crippen LogP contribution is 2.34. The molecule has 1 aliphatic carbocycles. The highest BCUT2D eigenvalue weighted by molar-refractivity contribution is 7.99. The van der Waals surface area contributed by atoms with Gasteiger partial charge >= 0.3 is 0 Å². The Kier molecular flexibility index (Phi) is 6.23. The number of fused-ring (bicyclic) bond motifs is 1. The van der Waals surface area contributed by atoms with Gasteiger partial charge in [0.25, 0.3) is 11.1 Å². The molecule has 0 radical (unpaired) electrons. The van der Waals surface area contributed by atoms with Crippen molar-refractivity contribution in [1.29, 1.82) is 0 Å². The Bertz CT molecular complexity index is 1040. The standard InChI is InChI=1S/C22H23N3O4S/c1-27-15-10-11-17(19(12-15)28-2)21-24-25-22(29-21)30-13-20(26)23-18-9-5-7-14-6-3-4-8-16(14)18/h3-4,6,8,10-12,18H,5,7,9,13H2,1-2H3,(H,23,26)/t18-/m1/s1. The Balaban J connectivity index is 1.38. The van der Waals surface area contributed by atoms with E-state index in [2.05, 4.69) is 27.6 Å². The first-order valence-corrected chi connectivity index (χ1v) is 10.7.